The van der Waals surface area contributed by atoms with E-state index in [-0.39, 0.29) is 20.0 Å². The van der Waals surface area contributed by atoms with Crippen molar-refractivity contribution in [2.75, 3.05) is 0 Å². The van der Waals surface area contributed by atoms with E-state index in [1.807, 2.05) is 0 Å². The molecular formula is C12H6BrN3O7S. The molecule has 2 aromatic carbocycles. The lowest BCUT2D eigenvalue weighted by Crippen LogP contribution is -2.01. The lowest BCUT2D eigenvalue weighted by molar-refractivity contribution is -0.396. The SMILES string of the molecule is O=[N+]([O-])c1ccc(S(=O)c2ccc(Br)c([N+](=O)[O-])c2)c([N+](=O)[O-])c1. The summed E-state index contributed by atoms with van der Waals surface area (Å²) in [6.07, 6.45) is 0. The van der Waals surface area contributed by atoms with E-state index < -0.39 is 36.9 Å². The number of rotatable bonds is 5. The van der Waals surface area contributed by atoms with Crippen LogP contribution in [-0.2, 0) is 10.8 Å². The summed E-state index contributed by atoms with van der Waals surface area (Å²) in [6.45, 7) is 0. The van der Waals surface area contributed by atoms with E-state index in [0.717, 1.165) is 18.2 Å². The zero-order chi connectivity index (χ0) is 18.0. The van der Waals surface area contributed by atoms with Gasteiger partial charge in [-0.1, -0.05) is 0 Å². The maximum atomic E-state index is 12.5. The summed E-state index contributed by atoms with van der Waals surface area (Å²) in [7, 11) is -2.13. The third-order valence-corrected chi connectivity index (χ3v) is 4.98. The molecule has 12 heteroatoms. The van der Waals surface area contributed by atoms with Gasteiger partial charge in [-0.2, -0.15) is 0 Å². The molecular weight excluding hydrogens is 410 g/mol. The van der Waals surface area contributed by atoms with Gasteiger partial charge < -0.3 is 0 Å². The fourth-order valence-electron chi connectivity index (χ4n) is 1.79. The second-order valence-corrected chi connectivity index (χ2v) is 6.61. The molecule has 0 radical (unpaired) electrons. The Kier molecular flexibility index (Phi) is 4.99. The van der Waals surface area contributed by atoms with E-state index in [0.29, 0.717) is 6.07 Å². The fraction of sp³-hybridized carbons (Fsp3) is 0. The van der Waals surface area contributed by atoms with Crippen molar-refractivity contribution in [3.63, 3.8) is 0 Å². The number of benzene rings is 2. The zero-order valence-electron chi connectivity index (χ0n) is 11.4. The maximum absolute atomic E-state index is 12.5. The molecule has 0 spiro atoms. The number of nitrogens with zero attached hydrogens (tertiary/aromatic N) is 3. The molecule has 124 valence electrons. The third kappa shape index (κ3) is 3.44. The highest BCUT2D eigenvalue weighted by atomic mass is 79.9. The van der Waals surface area contributed by atoms with Crippen molar-refractivity contribution >= 4 is 43.8 Å². The van der Waals surface area contributed by atoms with Gasteiger partial charge in [0.25, 0.3) is 17.1 Å². The highest BCUT2D eigenvalue weighted by Crippen LogP contribution is 2.33. The maximum Gasteiger partial charge on any atom is 0.292 e. The predicted octanol–water partition coefficient (Wildman–Crippen LogP) is 3.34. The molecule has 0 N–H and O–H groups in total. The first kappa shape index (κ1) is 17.6. The van der Waals surface area contributed by atoms with Crippen LogP contribution in [0.5, 0.6) is 0 Å². The van der Waals surface area contributed by atoms with Gasteiger partial charge in [-0.05, 0) is 34.1 Å². The van der Waals surface area contributed by atoms with Gasteiger partial charge in [-0.25, -0.2) is 4.21 Å². The number of non-ortho nitro benzene ring substituents is 1. The van der Waals surface area contributed by atoms with Crippen molar-refractivity contribution in [3.05, 3.63) is 71.2 Å². The van der Waals surface area contributed by atoms with Gasteiger partial charge in [0.15, 0.2) is 0 Å². The molecule has 24 heavy (non-hydrogen) atoms. The van der Waals surface area contributed by atoms with Crippen LogP contribution < -0.4 is 0 Å². The molecule has 0 saturated carbocycles. The summed E-state index contributed by atoms with van der Waals surface area (Å²) in [5.41, 5.74) is -1.58. The summed E-state index contributed by atoms with van der Waals surface area (Å²) in [6, 6.07) is 6.29. The minimum absolute atomic E-state index is 0.0400. The largest absolute Gasteiger partial charge is 0.292 e. The number of nitro groups is 3. The number of nitro benzene ring substituents is 3. The first-order chi connectivity index (χ1) is 11.2. The molecule has 0 bridgehead atoms. The molecule has 0 saturated heterocycles. The van der Waals surface area contributed by atoms with Crippen molar-refractivity contribution in [1.82, 2.24) is 0 Å². The van der Waals surface area contributed by atoms with Crippen LogP contribution in [0.4, 0.5) is 17.1 Å². The van der Waals surface area contributed by atoms with Crippen LogP contribution in [0.3, 0.4) is 0 Å². The Morgan fingerprint density at radius 2 is 1.46 bits per heavy atom. The minimum atomic E-state index is -2.13. The highest BCUT2D eigenvalue weighted by molar-refractivity contribution is 9.10. The Balaban J connectivity index is 2.58. The topological polar surface area (TPSA) is 146 Å². The van der Waals surface area contributed by atoms with Gasteiger partial charge in [-0.3, -0.25) is 30.3 Å². The molecule has 0 heterocycles. The molecule has 0 aliphatic heterocycles. The van der Waals surface area contributed by atoms with Gasteiger partial charge in [-0.15, -0.1) is 0 Å². The third-order valence-electron chi connectivity index (χ3n) is 2.88. The lowest BCUT2D eigenvalue weighted by atomic mass is 10.3. The first-order valence-corrected chi connectivity index (χ1v) is 7.95. The number of hydrogen-bond donors (Lipinski definition) is 0. The van der Waals surface area contributed by atoms with Gasteiger partial charge >= 0.3 is 0 Å². The molecule has 0 aromatic heterocycles. The number of hydrogen-bond acceptors (Lipinski definition) is 7. The van der Waals surface area contributed by atoms with E-state index in [2.05, 4.69) is 15.9 Å². The summed E-state index contributed by atoms with van der Waals surface area (Å²) in [5.74, 6) is 0. The standard InChI is InChI=1S/C12H6BrN3O7S/c13-9-3-2-8(6-10(9)15(19)20)24(23)12-4-1-7(14(17)18)5-11(12)16(21)22/h1-6H. The van der Waals surface area contributed by atoms with Crippen LogP contribution in [0.25, 0.3) is 0 Å². The van der Waals surface area contributed by atoms with Crippen LogP contribution >= 0.6 is 15.9 Å². The van der Waals surface area contributed by atoms with Crippen molar-refractivity contribution in [1.29, 1.82) is 0 Å². The average Bonchev–Trinajstić information content (AvgIpc) is 2.53. The molecule has 1 unspecified atom stereocenters. The molecule has 0 fully saturated rings. The van der Waals surface area contributed by atoms with Crippen molar-refractivity contribution < 1.29 is 19.0 Å². The Bertz CT molecular complexity index is 902. The first-order valence-electron chi connectivity index (χ1n) is 6.01. The van der Waals surface area contributed by atoms with Crippen LogP contribution in [0.1, 0.15) is 0 Å². The predicted molar refractivity (Wildman–Crippen MR) is 85.2 cm³/mol. The highest BCUT2D eigenvalue weighted by Gasteiger charge is 2.25. The van der Waals surface area contributed by atoms with E-state index in [4.69, 9.17) is 0 Å². The number of halogens is 1. The lowest BCUT2D eigenvalue weighted by Gasteiger charge is -2.04. The fourth-order valence-corrected chi connectivity index (χ4v) is 3.36. The summed E-state index contributed by atoms with van der Waals surface area (Å²) >= 11 is 2.98. The molecule has 1 atom stereocenters. The van der Waals surface area contributed by atoms with E-state index in [1.165, 1.54) is 12.1 Å². The molecule has 2 aromatic rings. The van der Waals surface area contributed by atoms with Crippen LogP contribution in [0.2, 0.25) is 0 Å². The van der Waals surface area contributed by atoms with E-state index >= 15 is 0 Å². The Morgan fingerprint density at radius 3 is 2.00 bits per heavy atom. The van der Waals surface area contributed by atoms with Gasteiger partial charge in [0.05, 0.1) is 41.0 Å². The van der Waals surface area contributed by atoms with Crippen molar-refractivity contribution in [3.8, 4) is 0 Å². The molecule has 2 rings (SSSR count). The average molecular weight is 416 g/mol. The molecule has 0 amide bonds. The zero-order valence-corrected chi connectivity index (χ0v) is 13.9. The van der Waals surface area contributed by atoms with Gasteiger partial charge in [0.2, 0.25) is 0 Å². The van der Waals surface area contributed by atoms with E-state index in [1.54, 1.807) is 0 Å². The Morgan fingerprint density at radius 1 is 0.833 bits per heavy atom. The Hall–Kier alpha value is -2.73. The smallest absolute Gasteiger partial charge is 0.258 e. The van der Waals surface area contributed by atoms with Gasteiger partial charge in [0.1, 0.15) is 4.90 Å². The quantitative estimate of drug-likeness (QED) is 0.536. The van der Waals surface area contributed by atoms with Crippen LogP contribution in [0.15, 0.2) is 50.7 Å². The molecule has 0 aliphatic rings. The molecule has 0 aliphatic carbocycles. The second-order valence-electron chi connectivity index (χ2n) is 4.31. The summed E-state index contributed by atoms with van der Waals surface area (Å²) < 4.78 is 12.7. The summed E-state index contributed by atoms with van der Waals surface area (Å²) in [5, 5.41) is 32.7. The minimum Gasteiger partial charge on any atom is -0.258 e. The Labute approximate surface area is 144 Å². The van der Waals surface area contributed by atoms with Crippen molar-refractivity contribution in [2.45, 2.75) is 9.79 Å². The van der Waals surface area contributed by atoms with Gasteiger partial charge in [0, 0.05) is 12.1 Å². The second kappa shape index (κ2) is 6.80. The van der Waals surface area contributed by atoms with Crippen LogP contribution in [-0.4, -0.2) is 19.0 Å². The normalized spacial score (nSPS) is 11.7. The summed E-state index contributed by atoms with van der Waals surface area (Å²) in [4.78, 5) is 30.0. The molecule has 10 nitrogen and oxygen atoms in total. The van der Waals surface area contributed by atoms with E-state index in [9.17, 15) is 34.6 Å². The monoisotopic (exact) mass is 415 g/mol. The van der Waals surface area contributed by atoms with Crippen LogP contribution in [0, 0.1) is 30.3 Å². The van der Waals surface area contributed by atoms with Crippen molar-refractivity contribution in [2.24, 2.45) is 0 Å².